The zero-order valence-corrected chi connectivity index (χ0v) is 42.3. The highest BCUT2D eigenvalue weighted by atomic mass is 14.8. The Kier molecular flexibility index (Phi) is 8.97. The van der Waals surface area contributed by atoms with Crippen LogP contribution in [0.15, 0.2) is 273 Å². The van der Waals surface area contributed by atoms with Crippen LogP contribution in [0.5, 0.6) is 0 Å². The number of aromatic nitrogens is 3. The second-order valence-corrected chi connectivity index (χ2v) is 21.3. The molecule has 11 aromatic carbocycles. The molecule has 0 atom stereocenters. The molecule has 4 aliphatic carbocycles. The van der Waals surface area contributed by atoms with Crippen molar-refractivity contribution in [1.29, 1.82) is 0 Å². The van der Waals surface area contributed by atoms with Crippen molar-refractivity contribution in [3.63, 3.8) is 0 Å². The summed E-state index contributed by atoms with van der Waals surface area (Å²) in [6.45, 7) is 0. The van der Waals surface area contributed by atoms with Crippen molar-refractivity contribution in [3.05, 3.63) is 318 Å². The summed E-state index contributed by atoms with van der Waals surface area (Å²) in [4.78, 5) is 16.2. The molecule has 78 heavy (non-hydrogen) atoms. The summed E-state index contributed by atoms with van der Waals surface area (Å²) < 4.78 is 0. The zero-order valence-electron chi connectivity index (χ0n) is 42.3. The third-order valence-corrected chi connectivity index (χ3v) is 17.7. The Morgan fingerprint density at radius 2 is 0.487 bits per heavy atom. The Hall–Kier alpha value is -10.1. The van der Waals surface area contributed by atoms with Gasteiger partial charge in [-0.25, -0.2) is 9.97 Å². The van der Waals surface area contributed by atoms with E-state index >= 15 is 0 Å². The van der Waals surface area contributed by atoms with E-state index < -0.39 is 10.8 Å². The van der Waals surface area contributed by atoms with Gasteiger partial charge in [0.1, 0.15) is 0 Å². The van der Waals surface area contributed by atoms with E-state index in [0.717, 1.165) is 66.9 Å². The minimum absolute atomic E-state index is 0.489. The molecule has 2 heterocycles. The average Bonchev–Trinajstić information content (AvgIpc) is 3.23. The number of nitrogens with zero attached hydrogens (tertiary/aromatic N) is 3. The molecule has 3 nitrogen and oxygen atoms in total. The van der Waals surface area contributed by atoms with Gasteiger partial charge in [0, 0.05) is 34.6 Å². The van der Waals surface area contributed by atoms with Crippen LogP contribution in [0.4, 0.5) is 0 Å². The molecule has 13 aromatic rings. The van der Waals surface area contributed by atoms with Crippen molar-refractivity contribution in [2.75, 3.05) is 0 Å². The van der Waals surface area contributed by atoms with E-state index in [0.29, 0.717) is 0 Å². The van der Waals surface area contributed by atoms with Gasteiger partial charge in [-0.05, 0) is 136 Å². The van der Waals surface area contributed by atoms with Gasteiger partial charge in [-0.1, -0.05) is 237 Å². The fourth-order valence-corrected chi connectivity index (χ4v) is 14.5. The molecular formula is C75H45N3. The Balaban J connectivity index is 0.937. The van der Waals surface area contributed by atoms with Crippen molar-refractivity contribution in [2.24, 2.45) is 0 Å². The highest BCUT2D eigenvalue weighted by Crippen LogP contribution is 2.65. The molecule has 0 unspecified atom stereocenters. The summed E-state index contributed by atoms with van der Waals surface area (Å²) in [5.74, 6) is 0. The van der Waals surface area contributed by atoms with Gasteiger partial charge in [0.15, 0.2) is 0 Å². The van der Waals surface area contributed by atoms with Gasteiger partial charge in [-0.3, -0.25) is 4.98 Å². The lowest BCUT2D eigenvalue weighted by molar-refractivity contribution is 0.794. The Morgan fingerprint density at radius 1 is 0.205 bits per heavy atom. The highest BCUT2D eigenvalue weighted by molar-refractivity contribution is 6.05. The number of pyridine rings is 1. The van der Waals surface area contributed by atoms with Crippen LogP contribution in [0.3, 0.4) is 0 Å². The molecule has 0 radical (unpaired) electrons. The standard InChI is InChI=1S/C75H45N3/c1-2-16-48(17-3-1)70-71(49-32-30-46(31-33-49)47-40-42-76-43-41-47)78-73-53(51-35-37-61-59-23-9-15-29-67(59)75(69(61)45-51)64-26-12-6-20-56(64)57-21-7-13-27-65(57)75)39-38-52(72(73)77-70)50-34-36-60-58-22-8-14-28-66(58)74(68(60)44-50)62-24-10-4-18-54(62)55-19-5-11-25-63(55)74/h1-45H. The number of hydrogen-bond donors (Lipinski definition) is 0. The Morgan fingerprint density at radius 3 is 0.872 bits per heavy atom. The van der Waals surface area contributed by atoms with E-state index in [1.807, 2.05) is 12.4 Å². The molecule has 0 N–H and O–H groups in total. The minimum Gasteiger partial charge on any atom is -0.265 e. The van der Waals surface area contributed by atoms with Gasteiger partial charge in [0.05, 0.1) is 33.3 Å². The summed E-state index contributed by atoms with van der Waals surface area (Å²) in [6.07, 6.45) is 3.69. The number of benzene rings is 11. The van der Waals surface area contributed by atoms with Crippen LogP contribution in [0.25, 0.3) is 111 Å². The zero-order chi connectivity index (χ0) is 51.1. The van der Waals surface area contributed by atoms with E-state index in [4.69, 9.17) is 9.97 Å². The first-order valence-electron chi connectivity index (χ1n) is 27.0. The molecule has 4 aliphatic rings. The van der Waals surface area contributed by atoms with Gasteiger partial charge >= 0.3 is 0 Å². The Bertz CT molecular complexity index is 4540. The summed E-state index contributed by atoms with van der Waals surface area (Å²) in [7, 11) is 0. The SMILES string of the molecule is c1ccc(-c2nc3c(-c4ccc5c(c4)C4(c6ccccc6-c6ccccc64)c4ccccc4-5)ccc(-c4ccc5c(c4)C4(c6ccccc6-c6ccccc64)c4ccccc4-5)c3nc2-c2ccc(-c3ccncc3)cc2)cc1. The summed E-state index contributed by atoms with van der Waals surface area (Å²) in [6, 6.07) is 96.6. The van der Waals surface area contributed by atoms with Crippen LogP contribution in [0.2, 0.25) is 0 Å². The van der Waals surface area contributed by atoms with Crippen LogP contribution in [-0.4, -0.2) is 15.0 Å². The quantitative estimate of drug-likeness (QED) is 0.172. The highest BCUT2D eigenvalue weighted by Gasteiger charge is 2.53. The van der Waals surface area contributed by atoms with Crippen molar-refractivity contribution in [2.45, 2.75) is 10.8 Å². The lowest BCUT2D eigenvalue weighted by Crippen LogP contribution is -2.25. The fraction of sp³-hybridized carbons (Fsp3) is 0.0267. The van der Waals surface area contributed by atoms with E-state index in [-0.39, 0.29) is 0 Å². The first-order valence-corrected chi connectivity index (χ1v) is 27.0. The van der Waals surface area contributed by atoms with E-state index in [1.165, 1.54) is 89.0 Å². The average molecular weight is 988 g/mol. The maximum atomic E-state index is 5.94. The van der Waals surface area contributed by atoms with E-state index in [1.54, 1.807) is 0 Å². The molecule has 2 spiro atoms. The van der Waals surface area contributed by atoms with Gasteiger partial charge in [0.2, 0.25) is 0 Å². The van der Waals surface area contributed by atoms with Gasteiger partial charge in [-0.15, -0.1) is 0 Å². The van der Waals surface area contributed by atoms with E-state index in [9.17, 15) is 0 Å². The third-order valence-electron chi connectivity index (χ3n) is 17.7. The molecule has 0 fully saturated rings. The number of hydrogen-bond acceptors (Lipinski definition) is 3. The van der Waals surface area contributed by atoms with Crippen LogP contribution < -0.4 is 0 Å². The van der Waals surface area contributed by atoms with E-state index in [2.05, 4.69) is 266 Å². The van der Waals surface area contributed by atoms with Crippen LogP contribution in [0.1, 0.15) is 44.5 Å². The molecule has 0 bridgehead atoms. The Labute approximate surface area is 452 Å². The second kappa shape index (κ2) is 16.2. The fourth-order valence-electron chi connectivity index (χ4n) is 14.5. The molecule has 17 rings (SSSR count). The predicted molar refractivity (Wildman–Crippen MR) is 317 cm³/mol. The van der Waals surface area contributed by atoms with Gasteiger partial charge < -0.3 is 0 Å². The van der Waals surface area contributed by atoms with Crippen molar-refractivity contribution in [3.8, 4) is 100 Å². The summed E-state index contributed by atoms with van der Waals surface area (Å²) in [5.41, 5.74) is 31.7. The third kappa shape index (κ3) is 5.69. The van der Waals surface area contributed by atoms with Crippen LogP contribution in [0, 0.1) is 0 Å². The molecule has 3 heteroatoms. The van der Waals surface area contributed by atoms with Crippen LogP contribution >= 0.6 is 0 Å². The van der Waals surface area contributed by atoms with Crippen molar-refractivity contribution in [1.82, 2.24) is 15.0 Å². The topological polar surface area (TPSA) is 38.7 Å². The van der Waals surface area contributed by atoms with Crippen molar-refractivity contribution < 1.29 is 0 Å². The van der Waals surface area contributed by atoms with Gasteiger partial charge in [0.25, 0.3) is 0 Å². The molecule has 0 saturated heterocycles. The molecule has 360 valence electrons. The number of rotatable bonds is 5. The van der Waals surface area contributed by atoms with Gasteiger partial charge in [-0.2, -0.15) is 0 Å². The lowest BCUT2D eigenvalue weighted by Gasteiger charge is -2.31. The normalized spacial score (nSPS) is 13.8. The lowest BCUT2D eigenvalue weighted by atomic mass is 9.70. The first-order chi connectivity index (χ1) is 38.7. The molecule has 0 saturated carbocycles. The minimum atomic E-state index is -0.492. The van der Waals surface area contributed by atoms with Crippen molar-refractivity contribution >= 4 is 11.0 Å². The smallest absolute Gasteiger partial charge is 0.0979 e. The molecule has 0 amide bonds. The molecular weight excluding hydrogens is 943 g/mol. The maximum absolute atomic E-state index is 5.94. The molecule has 2 aromatic heterocycles. The maximum Gasteiger partial charge on any atom is 0.0979 e. The molecule has 0 aliphatic heterocycles. The first kappa shape index (κ1) is 43.2. The second-order valence-electron chi connectivity index (χ2n) is 21.3. The predicted octanol–water partition coefficient (Wildman–Crippen LogP) is 18.0. The largest absolute Gasteiger partial charge is 0.265 e. The van der Waals surface area contributed by atoms with Crippen LogP contribution in [-0.2, 0) is 10.8 Å². The summed E-state index contributed by atoms with van der Waals surface area (Å²) >= 11 is 0. The monoisotopic (exact) mass is 987 g/mol. The summed E-state index contributed by atoms with van der Waals surface area (Å²) in [5, 5.41) is 0. The number of fused-ring (bicyclic) bond motifs is 21.